The van der Waals surface area contributed by atoms with E-state index in [1.807, 2.05) is 11.9 Å². The molecule has 64 valence electrons. The molecule has 1 aromatic rings. The summed E-state index contributed by atoms with van der Waals surface area (Å²) in [6, 6.07) is 1.60. The van der Waals surface area contributed by atoms with Crippen LogP contribution in [0, 0.1) is 0 Å². The van der Waals surface area contributed by atoms with Crippen molar-refractivity contribution in [3.05, 3.63) is 22.7 Å². The van der Waals surface area contributed by atoms with Gasteiger partial charge in [0.05, 0.1) is 6.54 Å². The van der Waals surface area contributed by atoms with Crippen LogP contribution in [-0.2, 0) is 6.54 Å². The van der Waals surface area contributed by atoms with E-state index < -0.39 is 0 Å². The van der Waals surface area contributed by atoms with Crippen molar-refractivity contribution >= 4 is 17.1 Å². The molecule has 0 saturated carbocycles. The molecule has 0 bridgehead atoms. The van der Waals surface area contributed by atoms with E-state index in [1.165, 1.54) is 11.3 Å². The Kier molecular flexibility index (Phi) is 1.51. The van der Waals surface area contributed by atoms with Gasteiger partial charge in [-0.1, -0.05) is 0 Å². The molecule has 3 nitrogen and oxygen atoms in total. The van der Waals surface area contributed by atoms with Gasteiger partial charge in [0, 0.05) is 29.8 Å². The molecule has 12 heavy (non-hydrogen) atoms. The van der Waals surface area contributed by atoms with Crippen LogP contribution in [0.1, 0.15) is 10.4 Å². The van der Waals surface area contributed by atoms with Crippen LogP contribution in [0.5, 0.6) is 5.06 Å². The Bertz CT molecular complexity index is 343. The molecule has 0 saturated heterocycles. The summed E-state index contributed by atoms with van der Waals surface area (Å²) < 4.78 is 0. The zero-order valence-electron chi connectivity index (χ0n) is 6.61. The van der Waals surface area contributed by atoms with Crippen molar-refractivity contribution in [3.8, 4) is 5.06 Å². The predicted octanol–water partition coefficient (Wildman–Crippen LogP) is 1.76. The maximum absolute atomic E-state index is 9.46. The Morgan fingerprint density at radius 2 is 2.25 bits per heavy atom. The van der Waals surface area contributed by atoms with Gasteiger partial charge in [0.25, 0.3) is 0 Å². The van der Waals surface area contributed by atoms with Gasteiger partial charge in [0.2, 0.25) is 0 Å². The van der Waals surface area contributed by atoms with Crippen molar-refractivity contribution in [1.29, 1.82) is 0 Å². The lowest BCUT2D eigenvalue weighted by molar-refractivity contribution is 0.414. The molecule has 2 heterocycles. The minimum absolute atomic E-state index is 0.232. The first kappa shape index (κ1) is 7.49. The number of thiophene rings is 1. The number of rotatable bonds is 0. The van der Waals surface area contributed by atoms with Crippen LogP contribution in [0.25, 0.3) is 5.76 Å². The minimum atomic E-state index is 0.232. The first-order valence-electron chi connectivity index (χ1n) is 3.60. The van der Waals surface area contributed by atoms with Crippen molar-refractivity contribution in [3.63, 3.8) is 0 Å². The molecular formula is C8H9NO2S. The average Bonchev–Trinajstić information content (AvgIpc) is 2.29. The van der Waals surface area contributed by atoms with Gasteiger partial charge in [0.1, 0.15) is 5.76 Å². The lowest BCUT2D eigenvalue weighted by Gasteiger charge is -2.19. The first-order valence-corrected chi connectivity index (χ1v) is 4.41. The van der Waals surface area contributed by atoms with E-state index in [0.29, 0.717) is 0 Å². The normalized spacial score (nSPS) is 15.8. The molecule has 1 aliphatic heterocycles. The van der Waals surface area contributed by atoms with Gasteiger partial charge in [-0.15, -0.1) is 11.3 Å². The smallest absolute Gasteiger partial charge is 0.172 e. The number of fused-ring (bicyclic) bond motifs is 1. The number of hydrogen-bond donors (Lipinski definition) is 2. The fraction of sp³-hybridized carbons (Fsp3) is 0.250. The highest BCUT2D eigenvalue weighted by Gasteiger charge is 2.17. The van der Waals surface area contributed by atoms with Gasteiger partial charge in [-0.05, 0) is 0 Å². The standard InChI is InChI=1S/C8H9NO2S/c1-9-3-6(10)5-2-8(11)12-7(5)4-9/h2-3,10-11H,4H2,1H3. The summed E-state index contributed by atoms with van der Waals surface area (Å²) in [6.07, 6.45) is 1.66. The van der Waals surface area contributed by atoms with Crippen molar-refractivity contribution in [2.24, 2.45) is 0 Å². The second-order valence-electron chi connectivity index (χ2n) is 2.85. The molecule has 2 rings (SSSR count). The van der Waals surface area contributed by atoms with E-state index in [-0.39, 0.29) is 10.8 Å². The van der Waals surface area contributed by atoms with Crippen LogP contribution in [-0.4, -0.2) is 22.2 Å². The Labute approximate surface area is 74.2 Å². The third-order valence-corrected chi connectivity index (χ3v) is 2.73. The topological polar surface area (TPSA) is 43.7 Å². The van der Waals surface area contributed by atoms with E-state index in [1.54, 1.807) is 12.3 Å². The minimum Gasteiger partial charge on any atom is -0.506 e. The van der Waals surface area contributed by atoms with Crippen molar-refractivity contribution in [1.82, 2.24) is 4.90 Å². The van der Waals surface area contributed by atoms with Gasteiger partial charge < -0.3 is 15.1 Å². The first-order chi connectivity index (χ1) is 5.66. The van der Waals surface area contributed by atoms with E-state index in [2.05, 4.69) is 0 Å². The van der Waals surface area contributed by atoms with Gasteiger partial charge in [-0.25, -0.2) is 0 Å². The summed E-state index contributed by atoms with van der Waals surface area (Å²) in [5.41, 5.74) is 0.760. The average molecular weight is 183 g/mol. The summed E-state index contributed by atoms with van der Waals surface area (Å²) in [7, 11) is 1.88. The fourth-order valence-corrected chi connectivity index (χ4v) is 2.27. The van der Waals surface area contributed by atoms with E-state index >= 15 is 0 Å². The molecule has 0 atom stereocenters. The lowest BCUT2D eigenvalue weighted by atomic mass is 10.2. The van der Waals surface area contributed by atoms with Crippen LogP contribution in [0.4, 0.5) is 0 Å². The van der Waals surface area contributed by atoms with Crippen LogP contribution in [0.2, 0.25) is 0 Å². The third kappa shape index (κ3) is 1.04. The highest BCUT2D eigenvalue weighted by molar-refractivity contribution is 7.14. The van der Waals surface area contributed by atoms with Crippen LogP contribution >= 0.6 is 11.3 Å². The van der Waals surface area contributed by atoms with Gasteiger partial charge in [0.15, 0.2) is 5.06 Å². The summed E-state index contributed by atoms with van der Waals surface area (Å²) in [5, 5.41) is 18.9. The highest BCUT2D eigenvalue weighted by Crippen LogP contribution is 2.35. The molecule has 1 aliphatic rings. The summed E-state index contributed by atoms with van der Waals surface area (Å²) in [4.78, 5) is 2.89. The second-order valence-corrected chi connectivity index (χ2v) is 3.97. The Hall–Kier alpha value is -1.16. The largest absolute Gasteiger partial charge is 0.506 e. The third-order valence-electron chi connectivity index (χ3n) is 1.81. The molecule has 0 fully saturated rings. The molecule has 1 aromatic heterocycles. The van der Waals surface area contributed by atoms with E-state index in [0.717, 1.165) is 17.0 Å². The quantitative estimate of drug-likeness (QED) is 0.644. The van der Waals surface area contributed by atoms with Crippen LogP contribution in [0.3, 0.4) is 0 Å². The zero-order chi connectivity index (χ0) is 8.72. The molecule has 0 aromatic carbocycles. The molecule has 0 unspecified atom stereocenters. The molecule has 0 aliphatic carbocycles. The van der Waals surface area contributed by atoms with Gasteiger partial charge in [-0.3, -0.25) is 0 Å². The Balaban J connectivity index is 2.51. The zero-order valence-corrected chi connectivity index (χ0v) is 7.43. The van der Waals surface area contributed by atoms with Crippen molar-refractivity contribution < 1.29 is 10.2 Å². The number of aliphatic hydroxyl groups is 1. The SMILES string of the molecule is CN1C=C(O)c2cc(O)sc2C1. The van der Waals surface area contributed by atoms with Crippen molar-refractivity contribution in [2.45, 2.75) is 6.54 Å². The van der Waals surface area contributed by atoms with Crippen molar-refractivity contribution in [2.75, 3.05) is 7.05 Å². The number of nitrogens with zero attached hydrogens (tertiary/aromatic N) is 1. The number of hydrogen-bond acceptors (Lipinski definition) is 4. The Morgan fingerprint density at radius 1 is 1.50 bits per heavy atom. The van der Waals surface area contributed by atoms with Gasteiger partial charge in [-0.2, -0.15) is 0 Å². The predicted molar refractivity (Wildman–Crippen MR) is 48.1 cm³/mol. The van der Waals surface area contributed by atoms with Gasteiger partial charge >= 0.3 is 0 Å². The number of aliphatic hydroxyl groups excluding tert-OH is 1. The maximum atomic E-state index is 9.46. The molecule has 2 N–H and O–H groups in total. The van der Waals surface area contributed by atoms with E-state index in [9.17, 15) is 10.2 Å². The summed E-state index contributed by atoms with van der Waals surface area (Å²) in [5.74, 6) is 0.232. The summed E-state index contributed by atoms with van der Waals surface area (Å²) >= 11 is 1.31. The fourth-order valence-electron chi connectivity index (χ4n) is 1.30. The molecule has 0 amide bonds. The van der Waals surface area contributed by atoms with Crippen LogP contribution < -0.4 is 0 Å². The Morgan fingerprint density at radius 3 is 3.00 bits per heavy atom. The molecule has 0 spiro atoms. The maximum Gasteiger partial charge on any atom is 0.172 e. The highest BCUT2D eigenvalue weighted by atomic mass is 32.1. The summed E-state index contributed by atoms with van der Waals surface area (Å²) in [6.45, 7) is 0.755. The molecule has 0 radical (unpaired) electrons. The number of aromatic hydroxyl groups is 1. The molecular weight excluding hydrogens is 174 g/mol. The van der Waals surface area contributed by atoms with E-state index in [4.69, 9.17) is 0 Å². The second kappa shape index (κ2) is 2.42. The monoisotopic (exact) mass is 183 g/mol. The molecule has 4 heteroatoms. The van der Waals surface area contributed by atoms with Crippen LogP contribution in [0.15, 0.2) is 12.3 Å². The lowest BCUT2D eigenvalue weighted by Crippen LogP contribution is -2.14.